The highest BCUT2D eigenvalue weighted by Crippen LogP contribution is 2.44. The van der Waals surface area contributed by atoms with E-state index in [0.29, 0.717) is 45.9 Å². The van der Waals surface area contributed by atoms with Gasteiger partial charge < -0.3 is 14.5 Å². The first kappa shape index (κ1) is 18.5. The summed E-state index contributed by atoms with van der Waals surface area (Å²) in [6.45, 7) is 8.10. The molecule has 0 aliphatic carbocycles. The molecule has 7 nitrogen and oxygen atoms in total. The predicted molar refractivity (Wildman–Crippen MR) is 88.7 cm³/mol. The lowest BCUT2D eigenvalue weighted by molar-refractivity contribution is 0.00748. The van der Waals surface area contributed by atoms with Crippen LogP contribution in [0.4, 0.5) is 4.79 Å². The van der Waals surface area contributed by atoms with Crippen LogP contribution in [0.5, 0.6) is 0 Å². The molecule has 2 heterocycles. The van der Waals surface area contributed by atoms with Gasteiger partial charge in [0, 0.05) is 51.8 Å². The van der Waals surface area contributed by atoms with Crippen molar-refractivity contribution in [1.29, 1.82) is 0 Å². The summed E-state index contributed by atoms with van der Waals surface area (Å²) in [5.41, 5.74) is -0.169. The molecule has 134 valence electrons. The highest BCUT2D eigenvalue weighted by Gasteiger charge is 2.52. The molecular formula is C15H29N3O4S. The number of ether oxygens (including phenoxy) is 1. The number of hydrogen-bond acceptors (Lipinski definition) is 4. The third-order valence-electron chi connectivity index (χ3n) is 5.31. The van der Waals surface area contributed by atoms with E-state index in [1.807, 2.05) is 23.6 Å². The quantitative estimate of drug-likeness (QED) is 0.733. The van der Waals surface area contributed by atoms with Crippen molar-refractivity contribution in [3.8, 4) is 0 Å². The summed E-state index contributed by atoms with van der Waals surface area (Å²) in [4.78, 5) is 16.3. The van der Waals surface area contributed by atoms with Gasteiger partial charge in [-0.15, -0.1) is 0 Å². The van der Waals surface area contributed by atoms with Crippen molar-refractivity contribution in [2.45, 2.75) is 20.3 Å². The molecule has 8 heteroatoms. The number of rotatable bonds is 5. The fourth-order valence-corrected chi connectivity index (χ4v) is 4.82. The number of likely N-dealkylation sites (tertiary alicyclic amines) is 1. The molecule has 2 saturated heterocycles. The lowest BCUT2D eigenvalue weighted by atomic mass is 9.73. The molecule has 2 aliphatic rings. The summed E-state index contributed by atoms with van der Waals surface area (Å²) in [6, 6.07) is 0.0545. The Labute approximate surface area is 139 Å². The van der Waals surface area contributed by atoms with E-state index >= 15 is 0 Å². The second kappa shape index (κ2) is 6.94. The van der Waals surface area contributed by atoms with Crippen molar-refractivity contribution in [2.24, 2.45) is 11.3 Å². The Hall–Kier alpha value is -0.860. The van der Waals surface area contributed by atoms with E-state index in [0.717, 1.165) is 6.42 Å². The Kier molecular flexibility index (Phi) is 5.58. The van der Waals surface area contributed by atoms with Crippen molar-refractivity contribution in [3.63, 3.8) is 0 Å². The lowest BCUT2D eigenvalue weighted by Crippen LogP contribution is -2.54. The maximum absolute atomic E-state index is 12.6. The molecule has 2 amide bonds. The summed E-state index contributed by atoms with van der Waals surface area (Å²) in [5.74, 6) is 0.130. The van der Waals surface area contributed by atoms with E-state index in [9.17, 15) is 13.2 Å². The van der Waals surface area contributed by atoms with Crippen LogP contribution in [-0.2, 0) is 14.8 Å². The molecule has 0 N–H and O–H groups in total. The molecule has 0 aromatic carbocycles. The van der Waals surface area contributed by atoms with Crippen LogP contribution in [0.2, 0.25) is 0 Å². The van der Waals surface area contributed by atoms with E-state index < -0.39 is 10.0 Å². The van der Waals surface area contributed by atoms with Crippen LogP contribution in [0.15, 0.2) is 0 Å². The smallest absolute Gasteiger partial charge is 0.319 e. The standard InChI is InChI=1S/C15H29N3O4S/c1-5-16(6-2)14(19)17-8-7-15(12-22-3)11-18(23(4,20)21)10-13(15)9-17/h13H,5-12H2,1-4H3/t13-,15+/m1/s1. The van der Waals surface area contributed by atoms with Crippen LogP contribution in [0.25, 0.3) is 0 Å². The number of sulfonamides is 1. The highest BCUT2D eigenvalue weighted by atomic mass is 32.2. The van der Waals surface area contributed by atoms with Gasteiger partial charge in [0.05, 0.1) is 12.9 Å². The Bertz CT molecular complexity index is 535. The van der Waals surface area contributed by atoms with Crippen molar-refractivity contribution in [1.82, 2.24) is 14.1 Å². The number of fused-ring (bicyclic) bond motifs is 1. The molecule has 0 aromatic heterocycles. The van der Waals surface area contributed by atoms with E-state index in [1.54, 1.807) is 11.4 Å². The molecule has 0 bridgehead atoms. The monoisotopic (exact) mass is 347 g/mol. The minimum atomic E-state index is -3.22. The van der Waals surface area contributed by atoms with Crippen molar-refractivity contribution in [3.05, 3.63) is 0 Å². The third kappa shape index (κ3) is 3.64. The third-order valence-corrected chi connectivity index (χ3v) is 6.52. The molecule has 2 atom stereocenters. The Morgan fingerprint density at radius 3 is 2.48 bits per heavy atom. The number of methoxy groups -OCH3 is 1. The molecular weight excluding hydrogens is 318 g/mol. The molecule has 0 unspecified atom stereocenters. The first-order valence-corrected chi connectivity index (χ1v) is 10.1. The maximum atomic E-state index is 12.6. The summed E-state index contributed by atoms with van der Waals surface area (Å²) >= 11 is 0. The van der Waals surface area contributed by atoms with Gasteiger partial charge in [-0.1, -0.05) is 0 Å². The number of hydrogen-bond donors (Lipinski definition) is 0. The van der Waals surface area contributed by atoms with Gasteiger partial charge in [-0.25, -0.2) is 17.5 Å². The van der Waals surface area contributed by atoms with Gasteiger partial charge in [-0.3, -0.25) is 0 Å². The zero-order valence-corrected chi connectivity index (χ0v) is 15.4. The van der Waals surface area contributed by atoms with Gasteiger partial charge in [0.15, 0.2) is 0 Å². The zero-order valence-electron chi connectivity index (χ0n) is 14.6. The van der Waals surface area contributed by atoms with Gasteiger partial charge >= 0.3 is 6.03 Å². The van der Waals surface area contributed by atoms with Crippen LogP contribution >= 0.6 is 0 Å². The Morgan fingerprint density at radius 1 is 1.30 bits per heavy atom. The number of urea groups is 1. The van der Waals surface area contributed by atoms with Gasteiger partial charge in [-0.05, 0) is 26.2 Å². The molecule has 2 fully saturated rings. The zero-order chi connectivity index (χ0) is 17.3. The van der Waals surface area contributed by atoms with E-state index in [-0.39, 0.29) is 17.4 Å². The Morgan fingerprint density at radius 2 is 1.96 bits per heavy atom. The lowest BCUT2D eigenvalue weighted by Gasteiger charge is -2.44. The topological polar surface area (TPSA) is 70.2 Å². The summed E-state index contributed by atoms with van der Waals surface area (Å²) in [6.07, 6.45) is 2.04. The van der Waals surface area contributed by atoms with Crippen LogP contribution in [-0.4, -0.2) is 87.8 Å². The SMILES string of the molecule is CCN(CC)C(=O)N1CC[C@@]2(COC)CN(S(C)(=O)=O)C[C@H]2C1. The van der Waals surface area contributed by atoms with Crippen molar-refractivity contribution < 1.29 is 17.9 Å². The first-order valence-electron chi connectivity index (χ1n) is 8.25. The molecule has 23 heavy (non-hydrogen) atoms. The average Bonchev–Trinajstić information content (AvgIpc) is 2.87. The first-order chi connectivity index (χ1) is 10.8. The largest absolute Gasteiger partial charge is 0.384 e. The highest BCUT2D eigenvalue weighted by molar-refractivity contribution is 7.88. The van der Waals surface area contributed by atoms with E-state index in [1.165, 1.54) is 6.26 Å². The van der Waals surface area contributed by atoms with Gasteiger partial charge in [-0.2, -0.15) is 0 Å². The average molecular weight is 347 g/mol. The Balaban J connectivity index is 2.16. The van der Waals surface area contributed by atoms with Crippen molar-refractivity contribution in [2.75, 3.05) is 59.2 Å². The fourth-order valence-electron chi connectivity index (χ4n) is 3.88. The van der Waals surface area contributed by atoms with E-state index in [4.69, 9.17) is 4.74 Å². The number of carbonyl (C=O) groups excluding carboxylic acids is 1. The second-order valence-corrected chi connectivity index (χ2v) is 8.68. The number of nitrogens with zero attached hydrogens (tertiary/aromatic N) is 3. The van der Waals surface area contributed by atoms with Gasteiger partial charge in [0.1, 0.15) is 0 Å². The molecule has 0 aromatic rings. The number of piperidine rings is 1. The molecule has 0 radical (unpaired) electrons. The van der Waals surface area contributed by atoms with E-state index in [2.05, 4.69) is 0 Å². The second-order valence-electron chi connectivity index (χ2n) is 6.70. The van der Waals surface area contributed by atoms with Crippen LogP contribution in [0, 0.1) is 11.3 Å². The van der Waals surface area contributed by atoms with Gasteiger partial charge in [0.25, 0.3) is 0 Å². The number of carbonyl (C=O) groups is 1. The van der Waals surface area contributed by atoms with Gasteiger partial charge in [0.2, 0.25) is 10.0 Å². The minimum absolute atomic E-state index is 0.0545. The molecule has 0 spiro atoms. The minimum Gasteiger partial charge on any atom is -0.384 e. The summed E-state index contributed by atoms with van der Waals surface area (Å²) in [5, 5.41) is 0. The summed E-state index contributed by atoms with van der Waals surface area (Å²) in [7, 11) is -1.56. The van der Waals surface area contributed by atoms with Crippen LogP contribution in [0.1, 0.15) is 20.3 Å². The normalized spacial score (nSPS) is 28.7. The van der Waals surface area contributed by atoms with Crippen LogP contribution < -0.4 is 0 Å². The molecule has 2 aliphatic heterocycles. The fraction of sp³-hybridized carbons (Fsp3) is 0.933. The number of amides is 2. The summed E-state index contributed by atoms with van der Waals surface area (Å²) < 4.78 is 30.8. The predicted octanol–water partition coefficient (Wildman–Crippen LogP) is 0.678. The van der Waals surface area contributed by atoms with Crippen LogP contribution in [0.3, 0.4) is 0 Å². The van der Waals surface area contributed by atoms with Crippen molar-refractivity contribution >= 4 is 16.1 Å². The molecule has 2 rings (SSSR count). The molecule has 0 saturated carbocycles. The maximum Gasteiger partial charge on any atom is 0.319 e.